The lowest BCUT2D eigenvalue weighted by molar-refractivity contribution is -0.186. The van der Waals surface area contributed by atoms with Crippen molar-refractivity contribution < 1.29 is 59.0 Å². The Morgan fingerprint density at radius 2 is 1.65 bits per heavy atom. The average molecular weight is 787 g/mol. The van der Waals surface area contributed by atoms with Crippen LogP contribution in [-0.2, 0) is 38.0 Å². The Hall–Kier alpha value is -4.75. The van der Waals surface area contributed by atoms with Crippen LogP contribution in [0.2, 0.25) is 0 Å². The van der Waals surface area contributed by atoms with Gasteiger partial charge in [0, 0.05) is 43.9 Å². The lowest BCUT2D eigenvalue weighted by Gasteiger charge is -2.49. The maximum atomic E-state index is 15.5. The van der Waals surface area contributed by atoms with Gasteiger partial charge in [-0.15, -0.1) is 0 Å². The number of anilines is 1. The summed E-state index contributed by atoms with van der Waals surface area (Å²) in [5.74, 6) is -8.43. The summed E-state index contributed by atoms with van der Waals surface area (Å²) in [6.45, 7) is 1.75. The molecule has 1 aliphatic carbocycles. The van der Waals surface area contributed by atoms with E-state index in [4.69, 9.17) is 9.47 Å². The summed E-state index contributed by atoms with van der Waals surface area (Å²) in [4.78, 5) is 51.0. The maximum absolute atomic E-state index is 15.5. The van der Waals surface area contributed by atoms with Gasteiger partial charge in [0.25, 0.3) is 5.91 Å². The smallest absolute Gasteiger partial charge is 0.433 e. The third-order valence-corrected chi connectivity index (χ3v) is 9.96. The zero-order valence-corrected chi connectivity index (χ0v) is 30.2. The van der Waals surface area contributed by atoms with E-state index in [1.807, 2.05) is 4.90 Å². The van der Waals surface area contributed by atoms with Crippen LogP contribution in [0.3, 0.4) is 0 Å². The van der Waals surface area contributed by atoms with Crippen molar-refractivity contribution in [2.45, 2.75) is 57.0 Å². The van der Waals surface area contributed by atoms with E-state index < -0.39 is 93.4 Å². The fourth-order valence-corrected chi connectivity index (χ4v) is 6.89. The minimum Gasteiger partial charge on any atom is -0.489 e. The van der Waals surface area contributed by atoms with Gasteiger partial charge in [-0.05, 0) is 51.1 Å². The summed E-state index contributed by atoms with van der Waals surface area (Å²) in [5, 5.41) is 4.53. The first-order valence-electron chi connectivity index (χ1n) is 17.1. The van der Waals surface area contributed by atoms with Gasteiger partial charge >= 0.3 is 12.4 Å². The molecule has 2 heterocycles. The fourth-order valence-electron chi connectivity index (χ4n) is 6.89. The molecule has 298 valence electrons. The van der Waals surface area contributed by atoms with Crippen LogP contribution in [-0.4, -0.2) is 95.5 Å². The number of benzene rings is 2. The Bertz CT molecular complexity index is 1940. The zero-order chi connectivity index (χ0) is 40.5. The van der Waals surface area contributed by atoms with E-state index >= 15 is 8.78 Å². The Labute approximate surface area is 310 Å². The number of ketones is 1. The van der Waals surface area contributed by atoms with Gasteiger partial charge in [-0.25, -0.2) is 19.4 Å². The van der Waals surface area contributed by atoms with Gasteiger partial charge in [-0.2, -0.15) is 30.7 Å². The van der Waals surface area contributed by atoms with Crippen LogP contribution in [0, 0.1) is 24.5 Å². The standard InChI is InChI=1S/C36H38F8N6O5/c1-20-29(45-19-46-30(20)36(42,43)44)23-17-22(35(39,40)41)8-9-24(23)47-32(52)26-31(51)34(11-5-6-12-34)49(3)50(33(26)53)18-21-7-10-25(28(38)27(21)37)55-16-14-48(2)13-15-54-4/h7-10,17,19,26H,5-6,11-16,18H2,1-4H3,(H,47,52). The molecule has 55 heavy (non-hydrogen) atoms. The number of methoxy groups -OCH3 is 1. The van der Waals surface area contributed by atoms with Gasteiger partial charge in [0.2, 0.25) is 11.7 Å². The summed E-state index contributed by atoms with van der Waals surface area (Å²) >= 11 is 0. The number of nitrogens with zero attached hydrogens (tertiary/aromatic N) is 5. The summed E-state index contributed by atoms with van der Waals surface area (Å²) < 4.78 is 124. The molecule has 1 saturated heterocycles. The van der Waals surface area contributed by atoms with Crippen molar-refractivity contribution in [3.63, 3.8) is 0 Å². The Balaban J connectivity index is 1.47. The highest BCUT2D eigenvalue weighted by molar-refractivity contribution is 6.25. The van der Waals surface area contributed by atoms with Crippen LogP contribution in [0.5, 0.6) is 5.75 Å². The fraction of sp³-hybridized carbons (Fsp3) is 0.472. The minimum absolute atomic E-state index is 0.0195. The molecule has 2 amide bonds. The Morgan fingerprint density at radius 3 is 2.29 bits per heavy atom. The van der Waals surface area contributed by atoms with Crippen molar-refractivity contribution in [3.05, 3.63) is 70.7 Å². The normalized spacial score (nSPS) is 17.8. The lowest BCUT2D eigenvalue weighted by Crippen LogP contribution is -2.69. The third kappa shape index (κ3) is 8.42. The zero-order valence-electron chi connectivity index (χ0n) is 30.2. The molecule has 1 aromatic heterocycles. The maximum Gasteiger partial charge on any atom is 0.433 e. The summed E-state index contributed by atoms with van der Waals surface area (Å²) in [7, 11) is 4.74. The first kappa shape index (κ1) is 41.4. The SMILES string of the molecule is COCCN(C)CCOc1ccc(CN2C(=O)C(C(=O)Nc3ccc(C(F)(F)F)cc3-c3ncnc(C(F)(F)F)c3C)C(=O)C3(CCCC3)N2C)c(F)c1F. The molecule has 5 rings (SSSR count). The number of ether oxygens (including phenoxy) is 2. The van der Waals surface area contributed by atoms with Crippen molar-refractivity contribution in [2.24, 2.45) is 5.92 Å². The van der Waals surface area contributed by atoms with E-state index in [1.165, 1.54) is 24.2 Å². The highest BCUT2D eigenvalue weighted by atomic mass is 19.4. The molecule has 1 saturated carbocycles. The summed E-state index contributed by atoms with van der Waals surface area (Å²) in [5.41, 5.74) is -6.77. The highest BCUT2D eigenvalue weighted by Gasteiger charge is 2.58. The van der Waals surface area contributed by atoms with Gasteiger partial charge < -0.3 is 19.7 Å². The third-order valence-electron chi connectivity index (χ3n) is 9.96. The first-order valence-corrected chi connectivity index (χ1v) is 17.1. The minimum atomic E-state index is -5.00. The molecule has 11 nitrogen and oxygen atoms in total. The number of alkyl halides is 6. The van der Waals surface area contributed by atoms with Gasteiger partial charge in [0.1, 0.15) is 12.9 Å². The second-order valence-corrected chi connectivity index (χ2v) is 13.4. The molecule has 1 atom stereocenters. The predicted molar refractivity (Wildman–Crippen MR) is 180 cm³/mol. The van der Waals surface area contributed by atoms with Crippen LogP contribution < -0.4 is 10.1 Å². The van der Waals surface area contributed by atoms with Crippen molar-refractivity contribution >= 4 is 23.3 Å². The number of nitrogens with one attached hydrogen (secondary N) is 1. The molecule has 2 fully saturated rings. The number of carbonyl (C=O) groups is 3. The van der Waals surface area contributed by atoms with Crippen LogP contribution >= 0.6 is 0 Å². The molecular formula is C36H38F8N6O5. The second kappa shape index (κ2) is 16.2. The van der Waals surface area contributed by atoms with E-state index in [1.54, 1.807) is 14.2 Å². The molecule has 2 aliphatic rings. The molecule has 0 radical (unpaired) electrons. The lowest BCUT2D eigenvalue weighted by atomic mass is 9.80. The highest BCUT2D eigenvalue weighted by Crippen LogP contribution is 2.44. The van der Waals surface area contributed by atoms with Crippen molar-refractivity contribution in [1.82, 2.24) is 24.9 Å². The van der Waals surface area contributed by atoms with Crippen LogP contribution in [0.1, 0.15) is 48.1 Å². The number of aromatic nitrogens is 2. The molecular weight excluding hydrogens is 748 g/mol. The number of Topliss-reactive ketones (excluding diaryl/α,β-unsaturated/α-hetero) is 1. The van der Waals surface area contributed by atoms with E-state index in [9.17, 15) is 40.7 Å². The van der Waals surface area contributed by atoms with Crippen LogP contribution in [0.25, 0.3) is 11.3 Å². The van der Waals surface area contributed by atoms with E-state index in [0.29, 0.717) is 51.0 Å². The van der Waals surface area contributed by atoms with Gasteiger partial charge in [0.05, 0.1) is 35.6 Å². The number of hydrazine groups is 1. The number of hydrogen-bond donors (Lipinski definition) is 1. The van der Waals surface area contributed by atoms with Gasteiger partial charge in [0.15, 0.2) is 29.0 Å². The Morgan fingerprint density at radius 1 is 0.982 bits per heavy atom. The van der Waals surface area contributed by atoms with Crippen molar-refractivity contribution in [1.29, 1.82) is 0 Å². The second-order valence-electron chi connectivity index (χ2n) is 13.4. The van der Waals surface area contributed by atoms with Crippen LogP contribution in [0.15, 0.2) is 36.7 Å². The summed E-state index contributed by atoms with van der Waals surface area (Å²) in [6, 6.07) is 4.21. The monoisotopic (exact) mass is 786 g/mol. The van der Waals surface area contributed by atoms with E-state index in [2.05, 4.69) is 15.3 Å². The van der Waals surface area contributed by atoms with E-state index in [0.717, 1.165) is 18.0 Å². The van der Waals surface area contributed by atoms with E-state index in [-0.39, 0.29) is 30.8 Å². The molecule has 1 aliphatic heterocycles. The quantitative estimate of drug-likeness (QED) is 0.173. The number of amides is 2. The number of hydrogen-bond acceptors (Lipinski definition) is 9. The first-order chi connectivity index (χ1) is 25.8. The van der Waals surface area contributed by atoms with Gasteiger partial charge in [-0.1, -0.05) is 18.9 Å². The average Bonchev–Trinajstić information content (AvgIpc) is 3.62. The van der Waals surface area contributed by atoms with Crippen molar-refractivity contribution in [3.8, 4) is 17.0 Å². The topological polar surface area (TPSA) is 117 Å². The van der Waals surface area contributed by atoms with Crippen molar-refractivity contribution in [2.75, 3.05) is 52.8 Å². The number of carbonyl (C=O) groups excluding carboxylic acids is 3. The molecule has 1 unspecified atom stereocenters. The summed E-state index contributed by atoms with van der Waals surface area (Å²) in [6.07, 6.45) is -8.06. The molecule has 1 N–H and O–H groups in total. The molecule has 0 bridgehead atoms. The number of likely N-dealkylation sites (N-methyl/N-ethyl adjacent to an activating group) is 2. The molecule has 3 aromatic rings. The van der Waals surface area contributed by atoms with Gasteiger partial charge in [-0.3, -0.25) is 19.4 Å². The molecule has 1 spiro atoms. The molecule has 2 aromatic carbocycles. The Kier molecular flexibility index (Phi) is 12.2. The largest absolute Gasteiger partial charge is 0.489 e. The molecule has 19 heteroatoms. The predicted octanol–water partition coefficient (Wildman–Crippen LogP) is 6.05. The number of rotatable bonds is 12. The van der Waals surface area contributed by atoms with Crippen LogP contribution in [0.4, 0.5) is 40.8 Å². The number of halogens is 8.